The number of nitrogens with zero attached hydrogens (tertiary/aromatic N) is 1. The second-order valence-electron chi connectivity index (χ2n) is 7.05. The predicted molar refractivity (Wildman–Crippen MR) is 88.1 cm³/mol. The Morgan fingerprint density at radius 1 is 1.30 bits per heavy atom. The first-order valence-electron chi connectivity index (χ1n) is 8.22. The second-order valence-corrected chi connectivity index (χ2v) is 7.05. The zero-order valence-corrected chi connectivity index (χ0v) is 13.8. The van der Waals surface area contributed by atoms with Gasteiger partial charge in [0.15, 0.2) is 0 Å². The molecule has 1 aromatic rings. The van der Waals surface area contributed by atoms with Crippen molar-refractivity contribution in [2.45, 2.75) is 33.1 Å². The summed E-state index contributed by atoms with van der Waals surface area (Å²) in [6, 6.07) is 6.03. The summed E-state index contributed by atoms with van der Waals surface area (Å²) in [7, 11) is 0. The fraction of sp³-hybridized carbons (Fsp3) is 0.556. The van der Waals surface area contributed by atoms with E-state index >= 15 is 0 Å². The zero-order valence-electron chi connectivity index (χ0n) is 13.8. The zero-order chi connectivity index (χ0) is 16.6. The summed E-state index contributed by atoms with van der Waals surface area (Å²) in [6.07, 6.45) is 2.43. The number of amides is 2. The molecule has 2 N–H and O–H groups in total. The van der Waals surface area contributed by atoms with Crippen molar-refractivity contribution in [3.8, 4) is 0 Å². The summed E-state index contributed by atoms with van der Waals surface area (Å²) < 4.78 is 0. The van der Waals surface area contributed by atoms with Crippen LogP contribution < -0.4 is 10.2 Å². The fourth-order valence-corrected chi connectivity index (χ4v) is 3.25. The second kappa shape index (κ2) is 5.96. The van der Waals surface area contributed by atoms with Crippen molar-refractivity contribution in [3.63, 3.8) is 0 Å². The maximum atomic E-state index is 12.6. The van der Waals surface area contributed by atoms with E-state index in [1.807, 2.05) is 26.0 Å². The van der Waals surface area contributed by atoms with Crippen LogP contribution in [0.1, 0.15) is 30.4 Å². The number of hydrogen-bond donors (Lipinski definition) is 2. The Balaban J connectivity index is 1.65. The van der Waals surface area contributed by atoms with E-state index in [1.165, 1.54) is 0 Å². The predicted octanol–water partition coefficient (Wildman–Crippen LogP) is 1.55. The molecule has 5 nitrogen and oxygen atoms in total. The molecule has 3 rings (SSSR count). The first kappa shape index (κ1) is 16.0. The number of hydrogen-bond acceptors (Lipinski definition) is 3. The van der Waals surface area contributed by atoms with Gasteiger partial charge in [-0.25, -0.2) is 0 Å². The lowest BCUT2D eigenvalue weighted by Crippen LogP contribution is -2.39. The molecule has 0 spiro atoms. The summed E-state index contributed by atoms with van der Waals surface area (Å²) in [4.78, 5) is 26.6. The summed E-state index contributed by atoms with van der Waals surface area (Å²) in [5, 5.41) is 12.2. The number of aryl methyl sites for hydroxylation is 2. The van der Waals surface area contributed by atoms with Crippen molar-refractivity contribution < 1.29 is 14.7 Å². The van der Waals surface area contributed by atoms with Gasteiger partial charge in [-0.1, -0.05) is 6.07 Å². The molecule has 1 aliphatic heterocycles. The summed E-state index contributed by atoms with van der Waals surface area (Å²) in [6.45, 7) is 5.15. The first-order valence-corrected chi connectivity index (χ1v) is 8.22. The number of nitrogens with one attached hydrogen (secondary N) is 1. The molecule has 1 unspecified atom stereocenters. The summed E-state index contributed by atoms with van der Waals surface area (Å²) in [5.74, 6) is -0.937. The van der Waals surface area contributed by atoms with Crippen molar-refractivity contribution in [2.75, 3.05) is 24.6 Å². The maximum absolute atomic E-state index is 12.6. The number of carbonyl (C=O) groups is 2. The van der Waals surface area contributed by atoms with E-state index in [0.29, 0.717) is 19.5 Å². The minimum Gasteiger partial charge on any atom is -0.396 e. The Morgan fingerprint density at radius 2 is 1.96 bits per heavy atom. The van der Waals surface area contributed by atoms with E-state index in [-0.39, 0.29) is 23.8 Å². The van der Waals surface area contributed by atoms with Gasteiger partial charge in [0.2, 0.25) is 11.8 Å². The largest absolute Gasteiger partial charge is 0.396 e. The highest BCUT2D eigenvalue weighted by molar-refractivity contribution is 6.09. The number of aliphatic hydroxyl groups is 1. The molecule has 1 saturated heterocycles. The van der Waals surface area contributed by atoms with Gasteiger partial charge in [0.05, 0.1) is 6.61 Å². The van der Waals surface area contributed by atoms with Crippen molar-refractivity contribution in [1.29, 1.82) is 0 Å². The van der Waals surface area contributed by atoms with Crippen molar-refractivity contribution in [1.82, 2.24) is 5.32 Å². The fourth-order valence-electron chi connectivity index (χ4n) is 3.25. The van der Waals surface area contributed by atoms with Crippen LogP contribution in [0.3, 0.4) is 0 Å². The van der Waals surface area contributed by atoms with E-state index in [1.54, 1.807) is 4.90 Å². The number of rotatable bonds is 5. The molecule has 2 amide bonds. The van der Waals surface area contributed by atoms with Crippen LogP contribution in [0.25, 0.3) is 0 Å². The highest BCUT2D eigenvalue weighted by Gasteiger charge is 2.44. The van der Waals surface area contributed by atoms with E-state index in [2.05, 4.69) is 11.4 Å². The van der Waals surface area contributed by atoms with E-state index < -0.39 is 5.92 Å². The molecular formula is C18H24N2O3. The Labute approximate surface area is 136 Å². The molecule has 1 heterocycles. The third-order valence-electron chi connectivity index (χ3n) is 4.97. The Morgan fingerprint density at radius 3 is 2.52 bits per heavy atom. The van der Waals surface area contributed by atoms with E-state index in [0.717, 1.165) is 29.7 Å². The molecule has 0 radical (unpaired) electrons. The van der Waals surface area contributed by atoms with Crippen LogP contribution in [0.2, 0.25) is 0 Å². The molecule has 2 fully saturated rings. The van der Waals surface area contributed by atoms with Crippen LogP contribution in [0.15, 0.2) is 18.2 Å². The average molecular weight is 316 g/mol. The van der Waals surface area contributed by atoms with Crippen LogP contribution in [0.4, 0.5) is 5.69 Å². The van der Waals surface area contributed by atoms with E-state index in [4.69, 9.17) is 0 Å². The topological polar surface area (TPSA) is 69.6 Å². The third kappa shape index (κ3) is 3.24. The molecule has 23 heavy (non-hydrogen) atoms. The van der Waals surface area contributed by atoms with Gasteiger partial charge in [0.1, 0.15) is 5.92 Å². The number of aliphatic hydroxyl groups excluding tert-OH is 1. The van der Waals surface area contributed by atoms with Gasteiger partial charge in [-0.2, -0.15) is 0 Å². The van der Waals surface area contributed by atoms with Gasteiger partial charge < -0.3 is 15.3 Å². The van der Waals surface area contributed by atoms with Gasteiger partial charge in [0.25, 0.3) is 0 Å². The number of carbonyl (C=O) groups excluding carboxylic acids is 2. The van der Waals surface area contributed by atoms with Gasteiger partial charge >= 0.3 is 0 Å². The average Bonchev–Trinajstić information content (AvgIpc) is 3.19. The normalized spacial score (nSPS) is 22.3. The SMILES string of the molecule is Cc1cc(C)cc(N2CCC(C(=O)NCC3(CO)CC3)C2=O)c1. The van der Waals surface area contributed by atoms with Crippen LogP contribution in [0.5, 0.6) is 0 Å². The molecule has 1 atom stereocenters. The van der Waals surface area contributed by atoms with E-state index in [9.17, 15) is 14.7 Å². The number of anilines is 1. The monoisotopic (exact) mass is 316 g/mol. The minimum atomic E-state index is -0.606. The van der Waals surface area contributed by atoms with Crippen LogP contribution in [-0.4, -0.2) is 36.6 Å². The third-order valence-corrected chi connectivity index (χ3v) is 4.97. The minimum absolute atomic E-state index is 0.0978. The molecule has 2 aliphatic rings. The molecule has 5 heteroatoms. The van der Waals surface area contributed by atoms with Crippen molar-refractivity contribution >= 4 is 17.5 Å². The molecule has 1 aliphatic carbocycles. The summed E-state index contributed by atoms with van der Waals surface area (Å²) in [5.41, 5.74) is 2.96. The lowest BCUT2D eigenvalue weighted by atomic mass is 10.1. The molecule has 0 aromatic heterocycles. The lowest BCUT2D eigenvalue weighted by Gasteiger charge is -2.19. The van der Waals surface area contributed by atoms with Gasteiger partial charge in [-0.05, 0) is 56.4 Å². The molecular weight excluding hydrogens is 292 g/mol. The highest BCUT2D eigenvalue weighted by Crippen LogP contribution is 2.44. The molecule has 0 bridgehead atoms. The molecule has 1 saturated carbocycles. The quantitative estimate of drug-likeness (QED) is 0.810. The lowest BCUT2D eigenvalue weighted by molar-refractivity contribution is -0.132. The standard InChI is InChI=1S/C18H24N2O3/c1-12-7-13(2)9-14(8-12)20-6-3-15(17(20)23)16(22)19-10-18(11-21)4-5-18/h7-9,15,21H,3-6,10-11H2,1-2H3,(H,19,22). The van der Waals surface area contributed by atoms with Crippen LogP contribution in [0, 0.1) is 25.2 Å². The van der Waals surface area contributed by atoms with Gasteiger partial charge in [-0.15, -0.1) is 0 Å². The first-order chi connectivity index (χ1) is 10.9. The Hall–Kier alpha value is -1.88. The molecule has 124 valence electrons. The van der Waals surface area contributed by atoms with Crippen molar-refractivity contribution in [3.05, 3.63) is 29.3 Å². The molecule has 1 aromatic carbocycles. The Kier molecular flexibility index (Phi) is 4.15. The van der Waals surface area contributed by atoms with Gasteiger partial charge in [-0.3, -0.25) is 9.59 Å². The van der Waals surface area contributed by atoms with Gasteiger partial charge in [0, 0.05) is 24.2 Å². The smallest absolute Gasteiger partial charge is 0.239 e. The number of benzene rings is 1. The summed E-state index contributed by atoms with van der Waals surface area (Å²) >= 11 is 0. The highest BCUT2D eigenvalue weighted by atomic mass is 16.3. The van der Waals surface area contributed by atoms with Crippen molar-refractivity contribution in [2.24, 2.45) is 11.3 Å². The Bertz CT molecular complexity index is 617. The van der Waals surface area contributed by atoms with Crippen LogP contribution in [-0.2, 0) is 9.59 Å². The van der Waals surface area contributed by atoms with Crippen LogP contribution >= 0.6 is 0 Å². The maximum Gasteiger partial charge on any atom is 0.239 e.